The van der Waals surface area contributed by atoms with Crippen molar-refractivity contribution in [2.75, 3.05) is 0 Å². The molecule has 0 aliphatic carbocycles. The molecule has 0 amide bonds. The predicted molar refractivity (Wildman–Crippen MR) is 177 cm³/mol. The molecule has 8 nitrogen and oxygen atoms in total. The topological polar surface area (TPSA) is 126 Å². The van der Waals surface area contributed by atoms with Crippen LogP contribution < -0.4 is 0 Å². The first-order valence-corrected chi connectivity index (χ1v) is 18.7. The quantitative estimate of drug-likeness (QED) is 0.0634. The second-order valence-corrected chi connectivity index (χ2v) is 14.2. The molecule has 0 bridgehead atoms. The van der Waals surface area contributed by atoms with Crippen LogP contribution >= 0.6 is 0 Å². The van der Waals surface area contributed by atoms with Gasteiger partial charge >= 0.3 is 5.97 Å². The summed E-state index contributed by atoms with van der Waals surface area (Å²) in [6, 6.07) is 0. The van der Waals surface area contributed by atoms with Gasteiger partial charge in [0.1, 0.15) is 6.10 Å². The molecule has 45 heavy (non-hydrogen) atoms. The number of aliphatic hydroxyl groups excluding tert-OH is 4. The average molecular weight is 639 g/mol. The van der Waals surface area contributed by atoms with Gasteiger partial charge in [-0.2, -0.15) is 0 Å². The first kappa shape index (κ1) is 38.4. The number of hydrogen-bond donors (Lipinski definition) is 4. The van der Waals surface area contributed by atoms with Gasteiger partial charge in [0.15, 0.2) is 0 Å². The van der Waals surface area contributed by atoms with E-state index >= 15 is 0 Å². The third kappa shape index (κ3) is 14.7. The van der Waals surface area contributed by atoms with Crippen LogP contribution in [-0.4, -0.2) is 81.3 Å². The summed E-state index contributed by atoms with van der Waals surface area (Å²) in [7, 11) is 0. The molecule has 0 aromatic heterocycles. The van der Waals surface area contributed by atoms with Gasteiger partial charge in [0.05, 0.1) is 48.8 Å². The highest BCUT2D eigenvalue weighted by Crippen LogP contribution is 2.31. The molecule has 0 radical (unpaired) electrons. The van der Waals surface area contributed by atoms with Crippen molar-refractivity contribution < 1.29 is 39.4 Å². The first-order chi connectivity index (χ1) is 21.8. The number of cyclic esters (lactones) is 1. The zero-order valence-corrected chi connectivity index (χ0v) is 28.5. The number of rotatable bonds is 25. The van der Waals surface area contributed by atoms with E-state index in [0.29, 0.717) is 31.3 Å². The van der Waals surface area contributed by atoms with Gasteiger partial charge in [-0.15, -0.1) is 0 Å². The maximum absolute atomic E-state index is 11.7. The maximum atomic E-state index is 11.7. The molecule has 8 heteroatoms. The number of carbonyl (C=O) groups is 1. The van der Waals surface area contributed by atoms with E-state index in [1.54, 1.807) is 6.08 Å². The third-order valence-electron chi connectivity index (χ3n) is 10.1. The zero-order valence-electron chi connectivity index (χ0n) is 28.5. The standard InChI is InChI=1S/C37H66O8/c1-3-4-5-6-7-8-12-15-18-31(39)35-23-24-36(45-35)33(41)21-20-32(40)34-22-19-30(44-34)17-14-11-9-10-13-16-29(38)26-28-25-27(2)43-37(28)42/h25,27,29-36,38-41H,3-24,26H2,1-2H3/t27-,29+,30?,31-,32-,33+,34-,35+,36+/m0/s1. The van der Waals surface area contributed by atoms with Crippen molar-refractivity contribution >= 4 is 5.97 Å². The minimum atomic E-state index is -0.627. The van der Waals surface area contributed by atoms with Crippen molar-refractivity contribution in [2.45, 2.75) is 216 Å². The lowest BCUT2D eigenvalue weighted by molar-refractivity contribution is -0.139. The van der Waals surface area contributed by atoms with Crippen LogP contribution in [0.2, 0.25) is 0 Å². The summed E-state index contributed by atoms with van der Waals surface area (Å²) < 4.78 is 17.3. The molecular weight excluding hydrogens is 572 g/mol. The molecule has 0 saturated carbocycles. The Morgan fingerprint density at radius 3 is 1.78 bits per heavy atom. The Hall–Kier alpha value is -1.03. The summed E-state index contributed by atoms with van der Waals surface area (Å²) in [5, 5.41) is 42.4. The lowest BCUT2D eigenvalue weighted by Crippen LogP contribution is -2.33. The van der Waals surface area contributed by atoms with Crippen LogP contribution in [0.3, 0.4) is 0 Å². The minimum absolute atomic E-state index is 0.162. The fourth-order valence-corrected chi connectivity index (χ4v) is 7.29. The van der Waals surface area contributed by atoms with Crippen molar-refractivity contribution in [3.8, 4) is 0 Å². The molecule has 0 spiro atoms. The van der Waals surface area contributed by atoms with Gasteiger partial charge in [-0.25, -0.2) is 4.79 Å². The van der Waals surface area contributed by atoms with Crippen LogP contribution in [0, 0.1) is 0 Å². The molecule has 3 aliphatic rings. The summed E-state index contributed by atoms with van der Waals surface area (Å²) in [6.45, 7) is 4.07. The number of hydrogen-bond acceptors (Lipinski definition) is 8. The molecule has 3 aliphatic heterocycles. The van der Waals surface area contributed by atoms with Gasteiger partial charge in [0.2, 0.25) is 0 Å². The van der Waals surface area contributed by atoms with Crippen LogP contribution in [0.5, 0.6) is 0 Å². The van der Waals surface area contributed by atoms with Crippen LogP contribution in [0.4, 0.5) is 0 Å². The highest BCUT2D eigenvalue weighted by molar-refractivity contribution is 5.90. The number of esters is 1. The van der Waals surface area contributed by atoms with Gasteiger partial charge in [-0.1, -0.05) is 90.4 Å². The van der Waals surface area contributed by atoms with E-state index in [4.69, 9.17) is 14.2 Å². The summed E-state index contributed by atoms with van der Waals surface area (Å²) in [6.07, 6.45) is 21.6. The number of unbranched alkanes of at least 4 members (excludes halogenated alkanes) is 11. The van der Waals surface area contributed by atoms with Crippen LogP contribution in [-0.2, 0) is 19.0 Å². The summed E-state index contributed by atoms with van der Waals surface area (Å²) >= 11 is 0. The fourth-order valence-electron chi connectivity index (χ4n) is 7.29. The summed E-state index contributed by atoms with van der Waals surface area (Å²) in [5.74, 6) is -0.295. The van der Waals surface area contributed by atoms with E-state index in [0.717, 1.165) is 83.5 Å². The van der Waals surface area contributed by atoms with E-state index in [-0.39, 0.29) is 36.5 Å². The average Bonchev–Trinajstić information content (AvgIpc) is 3.77. The Labute approximate surface area is 273 Å². The molecule has 0 aromatic rings. The highest BCUT2D eigenvalue weighted by Gasteiger charge is 2.36. The Kier molecular flexibility index (Phi) is 18.6. The fraction of sp³-hybridized carbons (Fsp3) is 0.919. The van der Waals surface area contributed by atoms with Crippen molar-refractivity contribution in [3.63, 3.8) is 0 Å². The Morgan fingerprint density at radius 2 is 1.18 bits per heavy atom. The van der Waals surface area contributed by atoms with Gasteiger partial charge in [0.25, 0.3) is 0 Å². The summed E-state index contributed by atoms with van der Waals surface area (Å²) in [5.41, 5.74) is 0.600. The molecule has 9 atom stereocenters. The molecule has 262 valence electrons. The van der Waals surface area contributed by atoms with Crippen molar-refractivity contribution in [1.29, 1.82) is 0 Å². The van der Waals surface area contributed by atoms with Crippen LogP contribution in [0.25, 0.3) is 0 Å². The van der Waals surface area contributed by atoms with E-state index in [2.05, 4.69) is 6.92 Å². The zero-order chi connectivity index (χ0) is 32.4. The smallest absolute Gasteiger partial charge is 0.334 e. The Balaban J connectivity index is 1.16. The van der Waals surface area contributed by atoms with Crippen LogP contribution in [0.1, 0.15) is 162 Å². The van der Waals surface area contributed by atoms with Gasteiger partial charge in [-0.3, -0.25) is 0 Å². The SMILES string of the molecule is CCCCCCCCCC[C@H](O)[C@H]1CC[C@H]([C@H](O)CC[C@H](O)[C@@H]2CCC(CCCCCCC[C@@H](O)CC3=C[C@H](C)OC3=O)O2)O1. The van der Waals surface area contributed by atoms with Crippen molar-refractivity contribution in [3.05, 3.63) is 11.6 Å². The van der Waals surface area contributed by atoms with Gasteiger partial charge in [-0.05, 0) is 70.8 Å². The monoisotopic (exact) mass is 638 g/mol. The molecule has 3 heterocycles. The summed E-state index contributed by atoms with van der Waals surface area (Å²) in [4.78, 5) is 11.7. The maximum Gasteiger partial charge on any atom is 0.334 e. The molecule has 2 saturated heterocycles. The predicted octanol–water partition coefficient (Wildman–Crippen LogP) is 6.83. The third-order valence-corrected chi connectivity index (χ3v) is 10.1. The normalized spacial score (nSPS) is 27.8. The second kappa shape index (κ2) is 21.8. The van der Waals surface area contributed by atoms with E-state index in [1.807, 2.05) is 6.92 Å². The number of carbonyl (C=O) groups excluding carboxylic acids is 1. The van der Waals surface area contributed by atoms with Gasteiger partial charge < -0.3 is 34.6 Å². The number of aliphatic hydroxyl groups is 4. The molecule has 3 rings (SSSR count). The minimum Gasteiger partial charge on any atom is -0.455 e. The lowest BCUT2D eigenvalue weighted by atomic mass is 9.98. The molecule has 4 N–H and O–H groups in total. The Bertz CT molecular complexity index is 833. The lowest BCUT2D eigenvalue weighted by Gasteiger charge is -2.24. The molecular formula is C37H66O8. The van der Waals surface area contributed by atoms with Crippen molar-refractivity contribution in [2.24, 2.45) is 0 Å². The molecule has 1 unspecified atom stereocenters. The van der Waals surface area contributed by atoms with Gasteiger partial charge in [0, 0.05) is 12.0 Å². The first-order valence-electron chi connectivity index (χ1n) is 18.7. The Morgan fingerprint density at radius 1 is 0.667 bits per heavy atom. The number of ether oxygens (including phenoxy) is 3. The van der Waals surface area contributed by atoms with E-state index in [9.17, 15) is 25.2 Å². The largest absolute Gasteiger partial charge is 0.455 e. The molecule has 2 fully saturated rings. The second-order valence-electron chi connectivity index (χ2n) is 14.2. The van der Waals surface area contributed by atoms with Crippen LogP contribution in [0.15, 0.2) is 11.6 Å². The highest BCUT2D eigenvalue weighted by atomic mass is 16.5. The van der Waals surface area contributed by atoms with E-state index in [1.165, 1.54) is 38.5 Å². The molecule has 0 aromatic carbocycles. The van der Waals surface area contributed by atoms with Crippen molar-refractivity contribution in [1.82, 2.24) is 0 Å². The van der Waals surface area contributed by atoms with E-state index < -0.39 is 24.4 Å².